The van der Waals surface area contributed by atoms with Gasteiger partial charge in [0.2, 0.25) is 0 Å². The predicted molar refractivity (Wildman–Crippen MR) is 144 cm³/mol. The van der Waals surface area contributed by atoms with Crippen LogP contribution in [0.15, 0.2) is 26.8 Å². The third-order valence-electron chi connectivity index (χ3n) is 6.64. The summed E-state index contributed by atoms with van der Waals surface area (Å²) >= 11 is 17.4. The van der Waals surface area contributed by atoms with Crippen LogP contribution in [0.1, 0.15) is 58.6 Å². The lowest BCUT2D eigenvalue weighted by Crippen LogP contribution is -2.51. The van der Waals surface area contributed by atoms with Gasteiger partial charge in [-0.05, 0) is 80.8 Å². The molecule has 1 aliphatic carbocycles. The first-order valence-corrected chi connectivity index (χ1v) is 14.1. The molecule has 1 N–H and O–H groups in total. The quantitative estimate of drug-likeness (QED) is 0.375. The van der Waals surface area contributed by atoms with Crippen molar-refractivity contribution in [1.82, 2.24) is 20.3 Å². The van der Waals surface area contributed by atoms with Gasteiger partial charge in [0, 0.05) is 30.2 Å². The number of amides is 1. The summed E-state index contributed by atoms with van der Waals surface area (Å²) in [7, 11) is 0. The lowest BCUT2D eigenvalue weighted by atomic mass is 9.74. The van der Waals surface area contributed by atoms with Gasteiger partial charge in [-0.3, -0.25) is 0 Å². The molecule has 35 heavy (non-hydrogen) atoms. The summed E-state index contributed by atoms with van der Waals surface area (Å²) in [5, 5.41) is 4.61. The number of nitrogens with zero attached hydrogens (tertiary/aromatic N) is 4. The summed E-state index contributed by atoms with van der Waals surface area (Å²) < 4.78 is 6.22. The van der Waals surface area contributed by atoms with Gasteiger partial charge in [0.25, 0.3) is 0 Å². The number of nitrogens with one attached hydrogen (secondary N) is 1. The highest BCUT2D eigenvalue weighted by molar-refractivity contribution is 9.10. The molecular weight excluding hydrogens is 573 g/mol. The maximum absolute atomic E-state index is 12.4. The van der Waals surface area contributed by atoms with Crippen molar-refractivity contribution >= 4 is 62.8 Å². The number of rotatable bonds is 4. The van der Waals surface area contributed by atoms with Crippen molar-refractivity contribution in [2.45, 2.75) is 81.4 Å². The molecule has 2 fully saturated rings. The molecule has 2 aromatic heterocycles. The van der Waals surface area contributed by atoms with Crippen LogP contribution in [0.3, 0.4) is 0 Å². The number of alkyl carbamates (subject to hydrolysis) is 1. The predicted octanol–water partition coefficient (Wildman–Crippen LogP) is 7.06. The van der Waals surface area contributed by atoms with Crippen molar-refractivity contribution in [3.63, 3.8) is 0 Å². The molecule has 1 saturated heterocycles. The number of carbonyl (C=O) groups is 1. The monoisotopic (exact) mass is 601 g/mol. The maximum Gasteiger partial charge on any atom is 0.407 e. The lowest BCUT2D eigenvalue weighted by molar-refractivity contribution is 0.0442. The fraction of sp³-hybridized carbons (Fsp3) is 0.583. The van der Waals surface area contributed by atoms with Gasteiger partial charge < -0.3 is 15.0 Å². The van der Waals surface area contributed by atoms with Crippen LogP contribution in [0.4, 0.5) is 10.6 Å². The molecule has 0 bridgehead atoms. The normalized spacial score (nSPS) is 19.7. The van der Waals surface area contributed by atoms with Crippen LogP contribution < -0.4 is 10.2 Å². The molecule has 1 aliphatic heterocycles. The number of hydrogen-bond acceptors (Lipinski definition) is 7. The third kappa shape index (κ3) is 6.17. The van der Waals surface area contributed by atoms with Gasteiger partial charge in [-0.2, -0.15) is 0 Å². The molecule has 0 aromatic carbocycles. The van der Waals surface area contributed by atoms with Crippen molar-refractivity contribution < 1.29 is 9.53 Å². The van der Waals surface area contributed by atoms with E-state index in [0.29, 0.717) is 9.63 Å². The van der Waals surface area contributed by atoms with Crippen LogP contribution in [0.2, 0.25) is 10.2 Å². The zero-order valence-corrected chi connectivity index (χ0v) is 24.2. The number of aromatic nitrogens is 3. The molecule has 0 radical (unpaired) electrons. The Morgan fingerprint density at radius 2 is 1.97 bits per heavy atom. The van der Waals surface area contributed by atoms with Crippen molar-refractivity contribution in [2.75, 3.05) is 18.0 Å². The Balaban J connectivity index is 1.44. The fourth-order valence-electron chi connectivity index (χ4n) is 4.93. The second kappa shape index (κ2) is 10.6. The van der Waals surface area contributed by atoms with Gasteiger partial charge in [-0.1, -0.05) is 41.4 Å². The van der Waals surface area contributed by atoms with E-state index in [-0.39, 0.29) is 22.7 Å². The van der Waals surface area contributed by atoms with Crippen molar-refractivity contribution in [2.24, 2.45) is 5.41 Å². The van der Waals surface area contributed by atoms with E-state index in [4.69, 9.17) is 37.9 Å². The number of halogens is 3. The van der Waals surface area contributed by atoms with Crippen LogP contribution >= 0.6 is 50.9 Å². The Labute approximate surface area is 229 Å². The van der Waals surface area contributed by atoms with E-state index < -0.39 is 5.60 Å². The minimum absolute atomic E-state index is 0.107. The summed E-state index contributed by atoms with van der Waals surface area (Å²) in [5.74, 6) is 0.843. The van der Waals surface area contributed by atoms with E-state index in [1.54, 1.807) is 6.20 Å². The number of ether oxygens (including phenoxy) is 1. The Hall–Kier alpha value is -1.29. The molecule has 1 saturated carbocycles. The van der Waals surface area contributed by atoms with Gasteiger partial charge in [0.15, 0.2) is 5.82 Å². The topological polar surface area (TPSA) is 80.2 Å². The van der Waals surface area contributed by atoms with Gasteiger partial charge in [-0.25, -0.2) is 19.7 Å². The van der Waals surface area contributed by atoms with E-state index in [2.05, 4.69) is 31.1 Å². The molecule has 3 heterocycles. The van der Waals surface area contributed by atoms with E-state index >= 15 is 0 Å². The highest BCUT2D eigenvalue weighted by Crippen LogP contribution is 2.47. The second-order valence-corrected chi connectivity index (χ2v) is 12.7. The van der Waals surface area contributed by atoms with E-state index in [1.165, 1.54) is 11.8 Å². The minimum Gasteiger partial charge on any atom is -0.444 e. The van der Waals surface area contributed by atoms with Crippen LogP contribution in [0.25, 0.3) is 0 Å². The second-order valence-electron chi connectivity index (χ2n) is 10.2. The molecule has 1 spiro atoms. The number of anilines is 1. The Bertz CT molecular complexity index is 1110. The highest BCUT2D eigenvalue weighted by Gasteiger charge is 2.46. The smallest absolute Gasteiger partial charge is 0.407 e. The molecule has 190 valence electrons. The SMILES string of the molecule is Cc1nc(N2CCC3(CCC[C@H]3NC(=O)OC(C)(C)C)CC2)c(Br)nc1Sc1ccnc(Cl)c1Cl. The average molecular weight is 603 g/mol. The molecule has 2 aromatic rings. The zero-order chi connectivity index (χ0) is 25.4. The summed E-state index contributed by atoms with van der Waals surface area (Å²) in [5.41, 5.74) is 0.430. The summed E-state index contributed by atoms with van der Waals surface area (Å²) in [6.45, 7) is 9.34. The molecule has 0 unspecified atom stereocenters. The lowest BCUT2D eigenvalue weighted by Gasteiger charge is -2.44. The third-order valence-corrected chi connectivity index (χ3v) is 9.19. The van der Waals surface area contributed by atoms with Gasteiger partial charge in [-0.15, -0.1) is 0 Å². The maximum atomic E-state index is 12.4. The number of hydrogen-bond donors (Lipinski definition) is 1. The number of pyridine rings is 1. The first-order valence-electron chi connectivity index (χ1n) is 11.7. The molecule has 2 aliphatic rings. The standard InChI is InChI=1S/C24H30BrCl2N5O2S/c1-14-21(35-15-7-11-28-19(27)17(15)26)31-18(25)20(29-14)32-12-9-24(10-13-32)8-5-6-16(24)30-22(33)34-23(2,3)4/h7,11,16H,5-6,8-10,12-13H2,1-4H3,(H,30,33)/t16-/m1/s1. The largest absolute Gasteiger partial charge is 0.444 e. The van der Waals surface area contributed by atoms with Crippen molar-refractivity contribution in [3.05, 3.63) is 32.7 Å². The van der Waals surface area contributed by atoms with Gasteiger partial charge in [0.05, 0.1) is 10.7 Å². The summed E-state index contributed by atoms with van der Waals surface area (Å²) in [6.07, 6.45) is 6.52. The number of piperidine rings is 1. The highest BCUT2D eigenvalue weighted by atomic mass is 79.9. The van der Waals surface area contributed by atoms with Gasteiger partial charge >= 0.3 is 6.09 Å². The Morgan fingerprint density at radius 3 is 2.66 bits per heavy atom. The Kier molecular flexibility index (Phi) is 8.10. The zero-order valence-electron chi connectivity index (χ0n) is 20.3. The number of carbonyl (C=O) groups excluding carboxylic acids is 1. The van der Waals surface area contributed by atoms with E-state index in [0.717, 1.165) is 66.6 Å². The molecule has 1 atom stereocenters. The average Bonchev–Trinajstić information content (AvgIpc) is 3.14. The van der Waals surface area contributed by atoms with E-state index in [9.17, 15) is 4.79 Å². The number of aryl methyl sites for hydroxylation is 1. The van der Waals surface area contributed by atoms with Crippen LogP contribution in [0.5, 0.6) is 0 Å². The molecule has 1 amide bonds. The molecule has 7 nitrogen and oxygen atoms in total. The van der Waals surface area contributed by atoms with Crippen LogP contribution in [-0.2, 0) is 4.74 Å². The summed E-state index contributed by atoms with van der Waals surface area (Å²) in [6, 6.07) is 1.96. The molecule has 11 heteroatoms. The first-order chi connectivity index (χ1) is 16.5. The van der Waals surface area contributed by atoms with Crippen molar-refractivity contribution in [1.29, 1.82) is 0 Å². The van der Waals surface area contributed by atoms with E-state index in [1.807, 2.05) is 33.8 Å². The minimum atomic E-state index is -0.499. The Morgan fingerprint density at radius 1 is 1.26 bits per heavy atom. The first kappa shape index (κ1) is 26.8. The van der Waals surface area contributed by atoms with Crippen LogP contribution in [0, 0.1) is 12.3 Å². The fourth-order valence-corrected chi connectivity index (χ4v) is 6.86. The summed E-state index contributed by atoms with van der Waals surface area (Å²) in [4.78, 5) is 29.1. The molecule has 4 rings (SSSR count). The van der Waals surface area contributed by atoms with Gasteiger partial charge in [0.1, 0.15) is 20.4 Å². The van der Waals surface area contributed by atoms with Crippen molar-refractivity contribution in [3.8, 4) is 0 Å². The van der Waals surface area contributed by atoms with Crippen LogP contribution in [-0.4, -0.2) is 45.8 Å². The molecular formula is C24H30BrCl2N5O2S.